The molecule has 80 valence electrons. The van der Waals surface area contributed by atoms with E-state index in [4.69, 9.17) is 4.74 Å². The van der Waals surface area contributed by atoms with Crippen molar-refractivity contribution in [2.45, 2.75) is 4.90 Å². The molecule has 1 N–H and O–H groups in total. The fourth-order valence-electron chi connectivity index (χ4n) is 1.60. The van der Waals surface area contributed by atoms with Crippen LogP contribution in [-0.4, -0.2) is 27.2 Å². The lowest BCUT2D eigenvalue weighted by molar-refractivity contribution is 0.239. The number of aromatic hydroxyl groups is 1. The molecular formula is C10H10O4S. The molecule has 1 heterocycles. The Kier molecular flexibility index (Phi) is 2.28. The van der Waals surface area contributed by atoms with Crippen LogP contribution in [0.25, 0.3) is 5.57 Å². The van der Waals surface area contributed by atoms with E-state index < -0.39 is 9.84 Å². The number of phenolic OH excluding ortho intramolecular Hbond substituents is 1. The minimum atomic E-state index is -3.35. The van der Waals surface area contributed by atoms with Gasteiger partial charge in [-0.1, -0.05) is 0 Å². The third-order valence-electron chi connectivity index (χ3n) is 2.21. The van der Waals surface area contributed by atoms with Crippen molar-refractivity contribution in [3.63, 3.8) is 0 Å². The molecule has 0 aliphatic carbocycles. The van der Waals surface area contributed by atoms with Gasteiger partial charge in [-0.15, -0.1) is 0 Å². The van der Waals surface area contributed by atoms with E-state index in [1.165, 1.54) is 30.7 Å². The van der Waals surface area contributed by atoms with Gasteiger partial charge in [-0.2, -0.15) is 0 Å². The van der Waals surface area contributed by atoms with Gasteiger partial charge in [0, 0.05) is 18.1 Å². The van der Waals surface area contributed by atoms with Crippen LogP contribution in [0.5, 0.6) is 5.75 Å². The van der Waals surface area contributed by atoms with Gasteiger partial charge in [0.25, 0.3) is 0 Å². The van der Waals surface area contributed by atoms with Crippen molar-refractivity contribution < 1.29 is 18.3 Å². The minimum Gasteiger partial charge on any atom is -0.508 e. The average molecular weight is 226 g/mol. The first-order chi connectivity index (χ1) is 7.04. The monoisotopic (exact) mass is 226 g/mol. The highest BCUT2D eigenvalue weighted by Gasteiger charge is 2.26. The van der Waals surface area contributed by atoms with E-state index in [1.54, 1.807) is 0 Å². The van der Waals surface area contributed by atoms with Crippen LogP contribution in [0.1, 0.15) is 5.56 Å². The van der Waals surface area contributed by atoms with E-state index in [0.29, 0.717) is 11.1 Å². The lowest BCUT2D eigenvalue weighted by Crippen LogP contribution is -1.93. The maximum Gasteiger partial charge on any atom is 0.200 e. The third-order valence-corrected chi connectivity index (χ3v) is 3.78. The van der Waals surface area contributed by atoms with Crippen molar-refractivity contribution in [2.24, 2.45) is 0 Å². The highest BCUT2D eigenvalue weighted by Crippen LogP contribution is 2.35. The molecule has 0 saturated carbocycles. The SMILES string of the molecule is COCC1=CS(=O)(=O)c2ccc(O)cc21. The molecule has 15 heavy (non-hydrogen) atoms. The van der Waals surface area contributed by atoms with E-state index in [2.05, 4.69) is 0 Å². The lowest BCUT2D eigenvalue weighted by atomic mass is 10.1. The second kappa shape index (κ2) is 3.36. The maximum atomic E-state index is 11.6. The highest BCUT2D eigenvalue weighted by atomic mass is 32.2. The van der Waals surface area contributed by atoms with Gasteiger partial charge in [0.05, 0.1) is 11.5 Å². The van der Waals surface area contributed by atoms with Crippen LogP contribution in [-0.2, 0) is 14.6 Å². The summed E-state index contributed by atoms with van der Waals surface area (Å²) in [6.07, 6.45) is 0. The summed E-state index contributed by atoms with van der Waals surface area (Å²) in [5.74, 6) is 0.0489. The Labute approximate surface area is 87.7 Å². The molecule has 1 aromatic rings. The van der Waals surface area contributed by atoms with Gasteiger partial charge >= 0.3 is 0 Å². The van der Waals surface area contributed by atoms with Crippen LogP contribution in [0.3, 0.4) is 0 Å². The third kappa shape index (κ3) is 1.64. The molecule has 0 atom stereocenters. The van der Waals surface area contributed by atoms with E-state index in [-0.39, 0.29) is 17.3 Å². The average Bonchev–Trinajstić information content (AvgIpc) is 2.39. The first-order valence-corrected chi connectivity index (χ1v) is 5.87. The normalized spacial score (nSPS) is 17.3. The summed E-state index contributed by atoms with van der Waals surface area (Å²) in [6.45, 7) is 0.218. The van der Waals surface area contributed by atoms with E-state index >= 15 is 0 Å². The standard InChI is InChI=1S/C10H10O4S/c1-14-5-7-6-15(12,13)10-3-2-8(11)4-9(7)10/h2-4,6,11H,5H2,1H3. The number of hydrogen-bond donors (Lipinski definition) is 1. The summed E-state index contributed by atoms with van der Waals surface area (Å²) < 4.78 is 28.2. The Morgan fingerprint density at radius 2 is 2.13 bits per heavy atom. The molecule has 0 radical (unpaired) electrons. The number of ether oxygens (including phenoxy) is 1. The van der Waals surface area contributed by atoms with E-state index in [9.17, 15) is 13.5 Å². The smallest absolute Gasteiger partial charge is 0.200 e. The van der Waals surface area contributed by atoms with Crippen LogP contribution in [0, 0.1) is 0 Å². The molecule has 1 aliphatic heterocycles. The minimum absolute atomic E-state index is 0.0489. The van der Waals surface area contributed by atoms with Gasteiger partial charge in [-0.25, -0.2) is 8.42 Å². The number of hydrogen-bond acceptors (Lipinski definition) is 4. The summed E-state index contributed by atoms with van der Waals surface area (Å²) in [5.41, 5.74) is 1.10. The Morgan fingerprint density at radius 1 is 1.40 bits per heavy atom. The molecule has 0 spiro atoms. The largest absolute Gasteiger partial charge is 0.508 e. The topological polar surface area (TPSA) is 63.6 Å². The van der Waals surface area contributed by atoms with E-state index in [1.807, 2.05) is 0 Å². The number of sulfone groups is 1. The van der Waals surface area contributed by atoms with Gasteiger partial charge in [0.2, 0.25) is 9.84 Å². The Hall–Kier alpha value is -1.33. The van der Waals surface area contributed by atoms with Gasteiger partial charge in [0.1, 0.15) is 5.75 Å². The first-order valence-electron chi connectivity index (χ1n) is 4.32. The molecule has 0 bridgehead atoms. The van der Waals surface area contributed by atoms with Crippen molar-refractivity contribution in [3.8, 4) is 5.75 Å². The summed E-state index contributed by atoms with van der Waals surface area (Å²) >= 11 is 0. The molecule has 4 nitrogen and oxygen atoms in total. The molecule has 0 fully saturated rings. The number of methoxy groups -OCH3 is 1. The molecule has 2 rings (SSSR count). The second-order valence-corrected chi connectivity index (χ2v) is 5.07. The molecule has 5 heteroatoms. The Balaban J connectivity index is 2.63. The van der Waals surface area contributed by atoms with Crippen molar-refractivity contribution in [3.05, 3.63) is 29.2 Å². The van der Waals surface area contributed by atoms with Crippen LogP contribution in [0.15, 0.2) is 28.5 Å². The van der Waals surface area contributed by atoms with Crippen LogP contribution in [0.4, 0.5) is 0 Å². The summed E-state index contributed by atoms with van der Waals surface area (Å²) in [5, 5.41) is 10.5. The fraction of sp³-hybridized carbons (Fsp3) is 0.200. The summed E-state index contributed by atoms with van der Waals surface area (Å²) in [7, 11) is -1.85. The zero-order chi connectivity index (χ0) is 11.1. The predicted molar refractivity (Wildman–Crippen MR) is 55.1 cm³/mol. The van der Waals surface area contributed by atoms with Gasteiger partial charge < -0.3 is 9.84 Å². The van der Waals surface area contributed by atoms with Crippen molar-refractivity contribution in [1.29, 1.82) is 0 Å². The van der Waals surface area contributed by atoms with Crippen LogP contribution in [0.2, 0.25) is 0 Å². The van der Waals surface area contributed by atoms with Crippen molar-refractivity contribution in [1.82, 2.24) is 0 Å². The first kappa shape index (κ1) is 10.2. The molecule has 1 aliphatic rings. The van der Waals surface area contributed by atoms with Crippen molar-refractivity contribution >= 4 is 15.4 Å². The molecular weight excluding hydrogens is 216 g/mol. The molecule has 0 aromatic heterocycles. The van der Waals surface area contributed by atoms with Gasteiger partial charge in [-0.3, -0.25) is 0 Å². The lowest BCUT2D eigenvalue weighted by Gasteiger charge is -2.03. The quantitative estimate of drug-likeness (QED) is 0.822. The number of benzene rings is 1. The van der Waals surface area contributed by atoms with Gasteiger partial charge in [0.15, 0.2) is 0 Å². The summed E-state index contributed by atoms with van der Waals surface area (Å²) in [6, 6.07) is 4.20. The number of rotatable bonds is 2. The summed E-state index contributed by atoms with van der Waals surface area (Å²) in [4.78, 5) is 0.229. The fourth-order valence-corrected chi connectivity index (χ4v) is 3.05. The van der Waals surface area contributed by atoms with Crippen molar-refractivity contribution in [2.75, 3.05) is 13.7 Å². The molecule has 1 aromatic carbocycles. The molecule has 0 amide bonds. The Bertz CT molecular complexity index is 528. The molecule has 0 saturated heterocycles. The van der Waals surface area contributed by atoms with Crippen LogP contribution >= 0.6 is 0 Å². The van der Waals surface area contributed by atoms with Crippen LogP contribution < -0.4 is 0 Å². The zero-order valence-corrected chi connectivity index (χ0v) is 8.91. The number of phenols is 1. The number of fused-ring (bicyclic) bond motifs is 1. The Morgan fingerprint density at radius 3 is 2.80 bits per heavy atom. The van der Waals surface area contributed by atoms with E-state index in [0.717, 1.165) is 0 Å². The molecule has 0 unspecified atom stereocenters. The zero-order valence-electron chi connectivity index (χ0n) is 8.10. The second-order valence-electron chi connectivity index (χ2n) is 3.30. The van der Waals surface area contributed by atoms with Gasteiger partial charge in [-0.05, 0) is 23.8 Å². The maximum absolute atomic E-state index is 11.6. The highest BCUT2D eigenvalue weighted by molar-refractivity contribution is 7.95. The predicted octanol–water partition coefficient (Wildman–Crippen LogP) is 1.17.